The van der Waals surface area contributed by atoms with Gasteiger partial charge in [-0.05, 0) is 55.4 Å². The number of nitrogens with one attached hydrogen (secondary N) is 1. The van der Waals surface area contributed by atoms with E-state index in [9.17, 15) is 14.7 Å². The Bertz CT molecular complexity index is 615. The molecule has 0 heterocycles. The number of aryl methyl sites for hydroxylation is 2. The summed E-state index contributed by atoms with van der Waals surface area (Å²) in [4.78, 5) is 23.8. The molecule has 0 aliphatic heterocycles. The van der Waals surface area contributed by atoms with Gasteiger partial charge in [-0.3, -0.25) is 4.79 Å². The normalized spacial score (nSPS) is 29.6. The third-order valence-electron chi connectivity index (χ3n) is 4.52. The number of carboxylic acids is 1. The second-order valence-electron chi connectivity index (χ2n) is 6.18. The van der Waals surface area contributed by atoms with Gasteiger partial charge >= 0.3 is 0 Å². The number of carbonyl (C=O) groups excluding carboxylic acids is 2. The van der Waals surface area contributed by atoms with Crippen LogP contribution in [-0.4, -0.2) is 11.9 Å². The van der Waals surface area contributed by atoms with Crippen LogP contribution in [-0.2, 0) is 9.59 Å². The minimum absolute atomic E-state index is 0.0174. The quantitative estimate of drug-likeness (QED) is 0.854. The Morgan fingerprint density at radius 3 is 2.19 bits per heavy atom. The maximum Gasteiger partial charge on any atom is 0.228 e. The molecular formula is C17H18NO3-. The average molecular weight is 284 g/mol. The second kappa shape index (κ2) is 5.02. The van der Waals surface area contributed by atoms with Crippen molar-refractivity contribution in [3.05, 3.63) is 41.5 Å². The molecule has 0 aromatic heterocycles. The van der Waals surface area contributed by atoms with Crippen LogP contribution in [0.25, 0.3) is 0 Å². The van der Waals surface area contributed by atoms with Gasteiger partial charge in [0.15, 0.2) is 0 Å². The number of rotatable bonds is 3. The fourth-order valence-electron chi connectivity index (χ4n) is 3.77. The summed E-state index contributed by atoms with van der Waals surface area (Å²) in [5.41, 5.74) is 2.85. The van der Waals surface area contributed by atoms with E-state index in [2.05, 4.69) is 5.32 Å². The number of carbonyl (C=O) groups is 2. The molecular weight excluding hydrogens is 266 g/mol. The number of anilines is 1. The number of allylic oxidation sites excluding steroid dienone is 2. The van der Waals surface area contributed by atoms with Gasteiger partial charge in [0, 0.05) is 17.6 Å². The van der Waals surface area contributed by atoms with Crippen LogP contribution >= 0.6 is 0 Å². The number of hydrogen-bond acceptors (Lipinski definition) is 3. The van der Waals surface area contributed by atoms with Crippen molar-refractivity contribution in [3.63, 3.8) is 0 Å². The van der Waals surface area contributed by atoms with Crippen molar-refractivity contribution >= 4 is 17.6 Å². The molecule has 21 heavy (non-hydrogen) atoms. The lowest BCUT2D eigenvalue weighted by atomic mass is 9.82. The molecule has 0 saturated heterocycles. The monoisotopic (exact) mass is 284 g/mol. The molecule has 1 saturated carbocycles. The third-order valence-corrected chi connectivity index (χ3v) is 4.52. The van der Waals surface area contributed by atoms with Crippen molar-refractivity contribution in [3.8, 4) is 0 Å². The predicted molar refractivity (Wildman–Crippen MR) is 77.3 cm³/mol. The lowest BCUT2D eigenvalue weighted by molar-refractivity contribution is -0.313. The number of benzene rings is 1. The fraction of sp³-hybridized carbons (Fsp3) is 0.412. The molecule has 0 radical (unpaired) electrons. The molecule has 3 rings (SSSR count). The van der Waals surface area contributed by atoms with E-state index in [1.54, 1.807) is 0 Å². The van der Waals surface area contributed by atoms with Crippen molar-refractivity contribution < 1.29 is 14.7 Å². The maximum atomic E-state index is 12.5. The van der Waals surface area contributed by atoms with Crippen LogP contribution in [0.4, 0.5) is 5.69 Å². The fourth-order valence-corrected chi connectivity index (χ4v) is 3.77. The zero-order valence-electron chi connectivity index (χ0n) is 12.1. The average Bonchev–Trinajstić information content (AvgIpc) is 2.96. The predicted octanol–water partition coefficient (Wildman–Crippen LogP) is 1.43. The zero-order valence-corrected chi connectivity index (χ0v) is 12.1. The maximum absolute atomic E-state index is 12.5. The van der Waals surface area contributed by atoms with Gasteiger partial charge in [-0.15, -0.1) is 0 Å². The molecule has 0 unspecified atom stereocenters. The summed E-state index contributed by atoms with van der Waals surface area (Å²) >= 11 is 0. The highest BCUT2D eigenvalue weighted by Gasteiger charge is 2.48. The van der Waals surface area contributed by atoms with Crippen molar-refractivity contribution in [1.82, 2.24) is 0 Å². The second-order valence-corrected chi connectivity index (χ2v) is 6.18. The Morgan fingerprint density at radius 1 is 1.05 bits per heavy atom. The third kappa shape index (κ3) is 2.46. The summed E-state index contributed by atoms with van der Waals surface area (Å²) in [5, 5.41) is 14.2. The zero-order chi connectivity index (χ0) is 15.1. The van der Waals surface area contributed by atoms with E-state index < -0.39 is 17.8 Å². The summed E-state index contributed by atoms with van der Waals surface area (Å²) in [7, 11) is 0. The van der Waals surface area contributed by atoms with E-state index in [1.807, 2.05) is 44.2 Å². The van der Waals surface area contributed by atoms with E-state index in [0.717, 1.165) is 23.2 Å². The van der Waals surface area contributed by atoms with Crippen LogP contribution in [0.5, 0.6) is 0 Å². The van der Waals surface area contributed by atoms with Crippen molar-refractivity contribution in [2.24, 2.45) is 23.7 Å². The number of aliphatic carboxylic acids is 1. The van der Waals surface area contributed by atoms with Gasteiger partial charge in [0.2, 0.25) is 5.91 Å². The lowest BCUT2D eigenvalue weighted by Crippen LogP contribution is -2.42. The molecule has 2 bridgehead atoms. The molecule has 4 atom stereocenters. The molecule has 0 spiro atoms. The highest BCUT2D eigenvalue weighted by atomic mass is 16.4. The van der Waals surface area contributed by atoms with Gasteiger partial charge in [0.25, 0.3) is 0 Å². The molecule has 4 nitrogen and oxygen atoms in total. The summed E-state index contributed by atoms with van der Waals surface area (Å²) in [6.07, 6.45) is 4.62. The SMILES string of the molecule is Cc1cc(C)cc(NC(=O)[C@@H]2[C@@H](C(=O)[O-])[C@H]3C=C[C@H]2C3)c1. The molecule has 1 fully saturated rings. The first-order chi connectivity index (χ1) is 9.95. The first-order valence-electron chi connectivity index (χ1n) is 7.24. The first kappa shape index (κ1) is 13.9. The Kier molecular flexibility index (Phi) is 3.32. The molecule has 1 N–H and O–H groups in total. The van der Waals surface area contributed by atoms with Crippen LogP contribution in [0.1, 0.15) is 17.5 Å². The van der Waals surface area contributed by atoms with Gasteiger partial charge in [-0.2, -0.15) is 0 Å². The van der Waals surface area contributed by atoms with Crippen LogP contribution in [0.15, 0.2) is 30.4 Å². The van der Waals surface area contributed by atoms with Gasteiger partial charge in [-0.25, -0.2) is 0 Å². The standard InChI is InChI=1S/C17H19NO3/c1-9-5-10(2)7-13(6-9)18-16(19)14-11-3-4-12(8-11)15(14)17(20)21/h3-7,11-12,14-15H,8H2,1-2H3,(H,18,19)(H,20,21)/p-1/t11-,12-,14-,15-/m0/s1. The Balaban J connectivity index is 1.82. The molecule has 110 valence electrons. The van der Waals surface area contributed by atoms with Gasteiger partial charge in [-0.1, -0.05) is 18.2 Å². The largest absolute Gasteiger partial charge is 0.550 e. The van der Waals surface area contributed by atoms with Gasteiger partial charge in [0.1, 0.15) is 0 Å². The number of fused-ring (bicyclic) bond motifs is 2. The Labute approximate surface area is 123 Å². The molecule has 1 aromatic rings. The highest BCUT2D eigenvalue weighted by Crippen LogP contribution is 2.48. The van der Waals surface area contributed by atoms with Gasteiger partial charge in [0.05, 0.1) is 5.92 Å². The first-order valence-corrected chi connectivity index (χ1v) is 7.24. The van der Waals surface area contributed by atoms with E-state index in [4.69, 9.17) is 0 Å². The van der Waals surface area contributed by atoms with Gasteiger partial charge < -0.3 is 15.2 Å². The molecule has 2 aliphatic carbocycles. The van der Waals surface area contributed by atoms with Crippen molar-refractivity contribution in [2.75, 3.05) is 5.32 Å². The summed E-state index contributed by atoms with van der Waals surface area (Å²) < 4.78 is 0. The van der Waals surface area contributed by atoms with Crippen LogP contribution in [0, 0.1) is 37.5 Å². The summed E-state index contributed by atoms with van der Waals surface area (Å²) in [5.74, 6) is -2.60. The molecule has 1 aromatic carbocycles. The van der Waals surface area contributed by atoms with Crippen molar-refractivity contribution in [2.45, 2.75) is 20.3 Å². The minimum Gasteiger partial charge on any atom is -0.550 e. The van der Waals surface area contributed by atoms with E-state index in [-0.39, 0.29) is 17.7 Å². The Hall–Kier alpha value is -2.10. The lowest BCUT2D eigenvalue weighted by Gasteiger charge is -2.27. The topological polar surface area (TPSA) is 69.2 Å². The minimum atomic E-state index is -1.12. The highest BCUT2D eigenvalue weighted by molar-refractivity contribution is 5.96. The number of hydrogen-bond donors (Lipinski definition) is 1. The summed E-state index contributed by atoms with van der Waals surface area (Å²) in [6, 6.07) is 5.81. The van der Waals surface area contributed by atoms with E-state index in [1.165, 1.54) is 0 Å². The number of carboxylic acid groups (broad SMARTS) is 1. The van der Waals surface area contributed by atoms with Crippen LogP contribution in [0.3, 0.4) is 0 Å². The summed E-state index contributed by atoms with van der Waals surface area (Å²) in [6.45, 7) is 3.93. The van der Waals surface area contributed by atoms with Crippen LogP contribution < -0.4 is 10.4 Å². The van der Waals surface area contributed by atoms with E-state index >= 15 is 0 Å². The van der Waals surface area contributed by atoms with Crippen LogP contribution in [0.2, 0.25) is 0 Å². The smallest absolute Gasteiger partial charge is 0.228 e. The van der Waals surface area contributed by atoms with Crippen molar-refractivity contribution in [1.29, 1.82) is 0 Å². The Morgan fingerprint density at radius 2 is 1.62 bits per heavy atom. The number of amides is 1. The van der Waals surface area contributed by atoms with E-state index in [0.29, 0.717) is 0 Å². The molecule has 4 heteroatoms. The molecule has 2 aliphatic rings. The molecule has 1 amide bonds.